The summed E-state index contributed by atoms with van der Waals surface area (Å²) in [5.74, 6) is 0.144. The van der Waals surface area contributed by atoms with Crippen LogP contribution >= 0.6 is 11.6 Å². The van der Waals surface area contributed by atoms with Crippen molar-refractivity contribution in [2.45, 2.75) is 45.1 Å². The van der Waals surface area contributed by atoms with Gasteiger partial charge in [-0.2, -0.15) is 0 Å². The summed E-state index contributed by atoms with van der Waals surface area (Å²) >= 11 is 5.45. The van der Waals surface area contributed by atoms with Crippen LogP contribution in [0.1, 0.15) is 39.5 Å². The number of hydrogen-bond donors (Lipinski definition) is 1. The van der Waals surface area contributed by atoms with Crippen molar-refractivity contribution in [2.75, 3.05) is 19.1 Å². The van der Waals surface area contributed by atoms with Crippen molar-refractivity contribution >= 4 is 23.7 Å². The first kappa shape index (κ1) is 16.1. The summed E-state index contributed by atoms with van der Waals surface area (Å²) in [4.78, 5) is 23.8. The highest BCUT2D eigenvalue weighted by Crippen LogP contribution is 2.31. The first-order chi connectivity index (χ1) is 9.00. The number of alkyl halides is 1. The molecule has 1 aliphatic rings. The Morgan fingerprint density at radius 1 is 1.26 bits per heavy atom. The van der Waals surface area contributed by atoms with Crippen LogP contribution < -0.4 is 5.32 Å². The smallest absolute Gasteiger partial charge is 0.408 e. The van der Waals surface area contributed by atoms with Gasteiger partial charge >= 0.3 is 12.1 Å². The minimum absolute atomic E-state index is 0.129. The van der Waals surface area contributed by atoms with Crippen molar-refractivity contribution in [2.24, 2.45) is 5.92 Å². The molecule has 0 bridgehead atoms. The predicted molar refractivity (Wildman–Crippen MR) is 72.2 cm³/mol. The number of hydrogen-bond acceptors (Lipinski definition) is 4. The second-order valence-electron chi connectivity index (χ2n) is 5.23. The van der Waals surface area contributed by atoms with Crippen LogP contribution in [0.15, 0.2) is 0 Å². The topological polar surface area (TPSA) is 64.6 Å². The molecule has 1 N–H and O–H groups in total. The predicted octanol–water partition coefficient (Wildman–Crippen LogP) is 2.46. The van der Waals surface area contributed by atoms with E-state index in [9.17, 15) is 9.59 Å². The van der Waals surface area contributed by atoms with Crippen LogP contribution in [0.2, 0.25) is 0 Å². The van der Waals surface area contributed by atoms with E-state index in [1.807, 2.05) is 13.8 Å². The van der Waals surface area contributed by atoms with Gasteiger partial charge in [0.25, 0.3) is 0 Å². The first-order valence-electron chi connectivity index (χ1n) is 6.68. The summed E-state index contributed by atoms with van der Waals surface area (Å²) in [6.45, 7) is 4.43. The Bertz CT molecular complexity index is 314. The standard InChI is InChI=1S/C13H22ClNO4/c1-10(2)9-19-11(16)13(5-3-4-6-13)15-12(17)18-8-7-14/h10H,3-9H2,1-2H3,(H,15,17). The van der Waals surface area contributed by atoms with Gasteiger partial charge in [-0.15, -0.1) is 11.6 Å². The number of rotatable bonds is 6. The highest BCUT2D eigenvalue weighted by Gasteiger charge is 2.44. The molecule has 110 valence electrons. The van der Waals surface area contributed by atoms with Crippen LogP contribution in [0.5, 0.6) is 0 Å². The summed E-state index contributed by atoms with van der Waals surface area (Å²) in [6.07, 6.45) is 2.38. The molecule has 1 rings (SSSR count). The maximum absolute atomic E-state index is 12.2. The number of carbonyl (C=O) groups excluding carboxylic acids is 2. The van der Waals surface area contributed by atoms with Crippen molar-refractivity contribution in [3.63, 3.8) is 0 Å². The zero-order chi connectivity index (χ0) is 14.3. The van der Waals surface area contributed by atoms with Gasteiger partial charge in [0.2, 0.25) is 0 Å². The lowest BCUT2D eigenvalue weighted by Gasteiger charge is -2.27. The monoisotopic (exact) mass is 291 g/mol. The van der Waals surface area contributed by atoms with Crippen molar-refractivity contribution in [3.8, 4) is 0 Å². The second kappa shape index (κ2) is 7.58. The van der Waals surface area contributed by atoms with E-state index in [4.69, 9.17) is 21.1 Å². The molecule has 1 saturated carbocycles. The third-order valence-corrected chi connectivity index (χ3v) is 3.20. The van der Waals surface area contributed by atoms with Crippen LogP contribution in [-0.4, -0.2) is 36.7 Å². The van der Waals surface area contributed by atoms with Crippen molar-refractivity contribution in [3.05, 3.63) is 0 Å². The molecule has 0 aromatic heterocycles. The van der Waals surface area contributed by atoms with E-state index in [2.05, 4.69) is 5.32 Å². The van der Waals surface area contributed by atoms with Gasteiger partial charge < -0.3 is 14.8 Å². The molecule has 6 heteroatoms. The number of alkyl carbamates (subject to hydrolysis) is 1. The molecule has 0 aromatic rings. The fourth-order valence-corrected chi connectivity index (χ4v) is 2.18. The number of ether oxygens (including phenoxy) is 2. The molecular formula is C13H22ClNO4. The van der Waals surface area contributed by atoms with Gasteiger partial charge in [-0.1, -0.05) is 26.7 Å². The minimum Gasteiger partial charge on any atom is -0.464 e. The minimum atomic E-state index is -0.918. The molecule has 1 aliphatic carbocycles. The van der Waals surface area contributed by atoms with E-state index < -0.39 is 11.6 Å². The first-order valence-corrected chi connectivity index (χ1v) is 7.22. The molecule has 5 nitrogen and oxygen atoms in total. The number of amides is 1. The lowest BCUT2D eigenvalue weighted by molar-refractivity contribution is -0.152. The Morgan fingerprint density at radius 3 is 2.42 bits per heavy atom. The van der Waals surface area contributed by atoms with E-state index in [0.717, 1.165) is 12.8 Å². The average molecular weight is 292 g/mol. The largest absolute Gasteiger partial charge is 0.464 e. The molecule has 0 aliphatic heterocycles. The SMILES string of the molecule is CC(C)COC(=O)C1(NC(=O)OCCCl)CCCC1. The lowest BCUT2D eigenvalue weighted by atomic mass is 9.98. The molecule has 0 aromatic carbocycles. The van der Waals surface area contributed by atoms with Gasteiger partial charge in [0, 0.05) is 0 Å². The summed E-state index contributed by atoms with van der Waals surface area (Å²) in [5.41, 5.74) is -0.918. The normalized spacial score (nSPS) is 17.3. The molecule has 0 heterocycles. The molecular weight excluding hydrogens is 270 g/mol. The van der Waals surface area contributed by atoms with Crippen molar-refractivity contribution in [1.82, 2.24) is 5.32 Å². The van der Waals surface area contributed by atoms with Crippen molar-refractivity contribution in [1.29, 1.82) is 0 Å². The van der Waals surface area contributed by atoms with Gasteiger partial charge in [-0.05, 0) is 18.8 Å². The number of nitrogens with one attached hydrogen (secondary N) is 1. The fourth-order valence-electron chi connectivity index (χ4n) is 2.10. The lowest BCUT2D eigenvalue weighted by Crippen LogP contribution is -2.53. The molecule has 0 saturated heterocycles. The molecule has 1 amide bonds. The van der Waals surface area contributed by atoms with E-state index >= 15 is 0 Å². The molecule has 0 spiro atoms. The van der Waals surface area contributed by atoms with Gasteiger partial charge in [0.15, 0.2) is 0 Å². The van der Waals surface area contributed by atoms with E-state index in [-0.39, 0.29) is 24.4 Å². The summed E-state index contributed by atoms with van der Waals surface area (Å²) in [5, 5.41) is 2.66. The fraction of sp³-hybridized carbons (Fsp3) is 0.846. The molecule has 19 heavy (non-hydrogen) atoms. The van der Waals surface area contributed by atoms with Gasteiger partial charge in [-0.3, -0.25) is 0 Å². The Hall–Kier alpha value is -0.970. The Morgan fingerprint density at radius 2 is 1.89 bits per heavy atom. The zero-order valence-electron chi connectivity index (χ0n) is 11.5. The van der Waals surface area contributed by atoms with Crippen LogP contribution in [0.4, 0.5) is 4.79 Å². The van der Waals surface area contributed by atoms with Crippen molar-refractivity contribution < 1.29 is 19.1 Å². The third-order valence-electron chi connectivity index (χ3n) is 3.05. The number of carbonyl (C=O) groups is 2. The Balaban J connectivity index is 2.58. The van der Waals surface area contributed by atoms with Crippen LogP contribution in [0.3, 0.4) is 0 Å². The molecule has 1 fully saturated rings. The van der Waals surface area contributed by atoms with Crippen LogP contribution in [0, 0.1) is 5.92 Å². The quantitative estimate of drug-likeness (QED) is 0.603. The van der Waals surface area contributed by atoms with Gasteiger partial charge in [0.05, 0.1) is 12.5 Å². The van der Waals surface area contributed by atoms with Crippen LogP contribution in [-0.2, 0) is 14.3 Å². The zero-order valence-corrected chi connectivity index (χ0v) is 12.3. The summed E-state index contributed by atoms with van der Waals surface area (Å²) < 4.78 is 10.1. The average Bonchev–Trinajstić information content (AvgIpc) is 2.83. The van der Waals surface area contributed by atoms with E-state index in [0.29, 0.717) is 19.4 Å². The highest BCUT2D eigenvalue weighted by molar-refractivity contribution is 6.18. The third kappa shape index (κ3) is 4.90. The highest BCUT2D eigenvalue weighted by atomic mass is 35.5. The molecule has 0 unspecified atom stereocenters. The van der Waals surface area contributed by atoms with Crippen LogP contribution in [0.25, 0.3) is 0 Å². The Kier molecular flexibility index (Phi) is 6.42. The Labute approximate surface area is 119 Å². The number of halogens is 1. The van der Waals surface area contributed by atoms with E-state index in [1.54, 1.807) is 0 Å². The van der Waals surface area contributed by atoms with Gasteiger partial charge in [0.1, 0.15) is 12.1 Å². The second-order valence-corrected chi connectivity index (χ2v) is 5.61. The number of esters is 1. The molecule has 0 radical (unpaired) electrons. The maximum atomic E-state index is 12.2. The van der Waals surface area contributed by atoms with E-state index in [1.165, 1.54) is 0 Å². The van der Waals surface area contributed by atoms with Gasteiger partial charge in [-0.25, -0.2) is 9.59 Å². The maximum Gasteiger partial charge on any atom is 0.408 e. The molecule has 0 atom stereocenters. The summed E-state index contributed by atoms with van der Waals surface area (Å²) in [7, 11) is 0. The summed E-state index contributed by atoms with van der Waals surface area (Å²) in [6, 6.07) is 0.